The van der Waals surface area contributed by atoms with Crippen molar-refractivity contribution in [3.8, 4) is 17.6 Å². The second-order valence-corrected chi connectivity index (χ2v) is 13.0. The van der Waals surface area contributed by atoms with Crippen LogP contribution in [-0.4, -0.2) is 84.2 Å². The second kappa shape index (κ2) is 13.9. The highest BCUT2D eigenvalue weighted by Gasteiger charge is 2.40. The third kappa shape index (κ3) is 7.06. The first kappa shape index (κ1) is 34.2. The van der Waals surface area contributed by atoms with E-state index in [1.807, 2.05) is 23.1 Å². The van der Waals surface area contributed by atoms with E-state index in [2.05, 4.69) is 71.7 Å². The lowest BCUT2D eigenvalue weighted by Crippen LogP contribution is -2.50. The van der Waals surface area contributed by atoms with Crippen LogP contribution in [0.1, 0.15) is 63.3 Å². The van der Waals surface area contributed by atoms with E-state index >= 15 is 0 Å². The monoisotopic (exact) mass is 652 g/mol. The van der Waals surface area contributed by atoms with Crippen LogP contribution in [0.4, 0.5) is 34.5 Å². The number of esters is 1. The van der Waals surface area contributed by atoms with E-state index in [1.54, 1.807) is 33.9 Å². The number of benzene rings is 1. The fraction of sp³-hybridized carbons (Fsp3) is 0.417. The molecule has 1 fully saturated rings. The summed E-state index contributed by atoms with van der Waals surface area (Å²) in [7, 11) is 3.69. The predicted molar refractivity (Wildman–Crippen MR) is 189 cm³/mol. The summed E-state index contributed by atoms with van der Waals surface area (Å²) in [5.41, 5.74) is 4.16. The number of ether oxygens (including phenoxy) is 2. The lowest BCUT2D eigenvalue weighted by Gasteiger charge is -2.39. The van der Waals surface area contributed by atoms with Gasteiger partial charge in [0.2, 0.25) is 11.9 Å². The maximum Gasteiger partial charge on any atom is 0.343 e. The molecule has 0 saturated carbocycles. The number of fused-ring (bicyclic) bond motifs is 1. The van der Waals surface area contributed by atoms with Gasteiger partial charge >= 0.3 is 5.97 Å². The predicted octanol–water partition coefficient (Wildman–Crippen LogP) is 5.25. The lowest BCUT2D eigenvalue weighted by atomic mass is 9.91. The number of pyridine rings is 1. The fourth-order valence-corrected chi connectivity index (χ4v) is 5.94. The van der Waals surface area contributed by atoms with Crippen molar-refractivity contribution in [3.05, 3.63) is 60.1 Å². The SMILES string of the molecule is C=CC(=O)Nc1cc(Nc2ncc(C(=O)OC(C)C)c(N3CC(C)(C)c4nc(C#CC)ccc43)n2)c(OC)cc1N1CCN(C)C(C)C1. The Morgan fingerprint density at radius 1 is 1.15 bits per heavy atom. The van der Waals surface area contributed by atoms with E-state index in [9.17, 15) is 9.59 Å². The first-order valence-electron chi connectivity index (χ1n) is 16.0. The van der Waals surface area contributed by atoms with Crippen molar-refractivity contribution in [2.75, 3.05) is 60.8 Å². The molecule has 12 nitrogen and oxygen atoms in total. The summed E-state index contributed by atoms with van der Waals surface area (Å²) < 4.78 is 11.4. The first-order valence-corrected chi connectivity index (χ1v) is 16.0. The van der Waals surface area contributed by atoms with Gasteiger partial charge in [-0.15, -0.1) is 0 Å². The van der Waals surface area contributed by atoms with Crippen LogP contribution in [-0.2, 0) is 14.9 Å². The zero-order valence-corrected chi connectivity index (χ0v) is 29.0. The molecule has 1 unspecified atom stereocenters. The highest BCUT2D eigenvalue weighted by molar-refractivity contribution is 6.02. The number of carbonyl (C=O) groups excluding carboxylic acids is 2. The molecule has 2 aromatic heterocycles. The Morgan fingerprint density at radius 3 is 2.58 bits per heavy atom. The van der Waals surface area contributed by atoms with Crippen molar-refractivity contribution >= 4 is 46.4 Å². The van der Waals surface area contributed by atoms with Gasteiger partial charge in [0.1, 0.15) is 17.0 Å². The minimum absolute atomic E-state index is 0.221. The van der Waals surface area contributed by atoms with Crippen molar-refractivity contribution in [2.24, 2.45) is 0 Å². The van der Waals surface area contributed by atoms with Gasteiger partial charge in [0.15, 0.2) is 5.82 Å². The van der Waals surface area contributed by atoms with Crippen molar-refractivity contribution in [1.29, 1.82) is 0 Å². The van der Waals surface area contributed by atoms with Gasteiger partial charge in [-0.1, -0.05) is 26.3 Å². The molecule has 5 rings (SSSR count). The second-order valence-electron chi connectivity index (χ2n) is 13.0. The number of nitrogens with zero attached hydrogens (tertiary/aromatic N) is 6. The summed E-state index contributed by atoms with van der Waals surface area (Å²) in [6.45, 7) is 18.3. The van der Waals surface area contributed by atoms with Gasteiger partial charge in [-0.05, 0) is 64.9 Å². The maximum atomic E-state index is 13.4. The van der Waals surface area contributed by atoms with Crippen LogP contribution >= 0.6 is 0 Å². The largest absolute Gasteiger partial charge is 0.494 e. The normalized spacial score (nSPS) is 16.9. The van der Waals surface area contributed by atoms with Crippen LogP contribution < -0.4 is 25.2 Å². The molecule has 0 spiro atoms. The van der Waals surface area contributed by atoms with Gasteiger partial charge in [-0.3, -0.25) is 4.79 Å². The van der Waals surface area contributed by atoms with Gasteiger partial charge < -0.3 is 34.8 Å². The summed E-state index contributed by atoms with van der Waals surface area (Å²) >= 11 is 0. The molecule has 252 valence electrons. The molecule has 48 heavy (non-hydrogen) atoms. The topological polar surface area (TPSA) is 125 Å². The molecule has 0 aliphatic carbocycles. The Labute approximate surface area is 282 Å². The summed E-state index contributed by atoms with van der Waals surface area (Å²) in [6, 6.07) is 7.84. The van der Waals surface area contributed by atoms with E-state index in [0.29, 0.717) is 41.2 Å². The molecular formula is C36H44N8O4. The summed E-state index contributed by atoms with van der Waals surface area (Å²) in [4.78, 5) is 46.7. The van der Waals surface area contributed by atoms with Crippen molar-refractivity contribution in [1.82, 2.24) is 19.9 Å². The van der Waals surface area contributed by atoms with Crippen molar-refractivity contribution < 1.29 is 19.1 Å². The zero-order valence-electron chi connectivity index (χ0n) is 29.0. The van der Waals surface area contributed by atoms with Gasteiger partial charge in [0.25, 0.3) is 0 Å². The van der Waals surface area contributed by atoms with Gasteiger partial charge in [-0.2, -0.15) is 4.98 Å². The van der Waals surface area contributed by atoms with Crippen LogP contribution in [0.15, 0.2) is 43.1 Å². The molecule has 0 radical (unpaired) electrons. The lowest BCUT2D eigenvalue weighted by molar-refractivity contribution is -0.111. The van der Waals surface area contributed by atoms with Crippen LogP contribution in [0.2, 0.25) is 0 Å². The number of anilines is 6. The number of likely N-dealkylation sites (N-methyl/N-ethyl adjacent to an activating group) is 1. The molecule has 1 saturated heterocycles. The van der Waals surface area contributed by atoms with Gasteiger partial charge in [-0.25, -0.2) is 14.8 Å². The molecule has 1 amide bonds. The standard InChI is InChI=1S/C36H44N8O4/c1-10-12-24-13-14-28-32(38-24)36(6,7)21-44(28)33-25(34(46)48-22(3)4)19-37-35(41-33)40-27-17-26(39-31(45)11-2)29(18-30(27)47-9)43-16-15-42(8)23(5)20-43/h11,13-14,17-19,22-23H,2,15-16,20-21H2,1,3-9H3,(H,39,45)(H,37,40,41). The Hall–Kier alpha value is -5.15. The smallest absolute Gasteiger partial charge is 0.343 e. The Kier molecular flexibility index (Phi) is 9.91. The summed E-state index contributed by atoms with van der Waals surface area (Å²) in [5.74, 6) is 6.21. The number of methoxy groups -OCH3 is 1. The summed E-state index contributed by atoms with van der Waals surface area (Å²) in [6.07, 6.45) is 2.37. The molecular weight excluding hydrogens is 608 g/mol. The highest BCUT2D eigenvalue weighted by Crippen LogP contribution is 2.44. The average molecular weight is 653 g/mol. The highest BCUT2D eigenvalue weighted by atomic mass is 16.5. The number of amides is 1. The molecule has 3 aromatic rings. The van der Waals surface area contributed by atoms with Crippen molar-refractivity contribution in [3.63, 3.8) is 0 Å². The molecule has 2 N–H and O–H groups in total. The molecule has 4 heterocycles. The third-order valence-electron chi connectivity index (χ3n) is 8.51. The quantitative estimate of drug-likeness (QED) is 0.179. The number of rotatable bonds is 9. The van der Waals surface area contributed by atoms with Crippen LogP contribution in [0.3, 0.4) is 0 Å². The molecule has 1 atom stereocenters. The molecule has 1 aromatic carbocycles. The van der Waals surface area contributed by atoms with Crippen LogP contribution in [0.25, 0.3) is 0 Å². The first-order chi connectivity index (χ1) is 22.8. The minimum atomic E-state index is -0.531. The van der Waals surface area contributed by atoms with Crippen LogP contribution in [0.5, 0.6) is 5.75 Å². The van der Waals surface area contributed by atoms with Gasteiger partial charge in [0, 0.05) is 49.9 Å². The van der Waals surface area contributed by atoms with E-state index in [4.69, 9.17) is 19.4 Å². The number of carbonyl (C=O) groups is 2. The Bertz CT molecular complexity index is 1790. The van der Waals surface area contributed by atoms with E-state index in [1.165, 1.54) is 12.3 Å². The van der Waals surface area contributed by atoms with Crippen molar-refractivity contribution in [2.45, 2.75) is 59.1 Å². The average Bonchev–Trinajstić information content (AvgIpc) is 3.31. The van der Waals surface area contributed by atoms with E-state index in [-0.39, 0.29) is 28.9 Å². The number of hydrogen-bond acceptors (Lipinski definition) is 11. The van der Waals surface area contributed by atoms with Crippen LogP contribution in [0, 0.1) is 11.8 Å². The van der Waals surface area contributed by atoms with E-state index in [0.717, 1.165) is 36.7 Å². The molecule has 2 aliphatic heterocycles. The van der Waals surface area contributed by atoms with E-state index < -0.39 is 5.97 Å². The number of nitrogens with one attached hydrogen (secondary N) is 2. The minimum Gasteiger partial charge on any atom is -0.494 e. The zero-order chi connectivity index (χ0) is 34.7. The Balaban J connectivity index is 1.59. The summed E-state index contributed by atoms with van der Waals surface area (Å²) in [5, 5.41) is 6.24. The number of hydrogen-bond donors (Lipinski definition) is 2. The fourth-order valence-electron chi connectivity index (χ4n) is 5.94. The number of aromatic nitrogens is 3. The molecule has 12 heteroatoms. The third-order valence-corrected chi connectivity index (χ3v) is 8.51. The maximum absolute atomic E-state index is 13.4. The molecule has 0 bridgehead atoms. The Morgan fingerprint density at radius 2 is 1.92 bits per heavy atom. The van der Waals surface area contributed by atoms with Gasteiger partial charge in [0.05, 0.1) is 41.7 Å². The number of piperazine rings is 1. The molecule has 2 aliphatic rings.